The molecule has 0 bridgehead atoms. The van der Waals surface area contributed by atoms with Crippen LogP contribution < -0.4 is 10.2 Å². The third kappa shape index (κ3) is 2.96. The highest BCUT2D eigenvalue weighted by atomic mass is 19.4. The van der Waals surface area contributed by atoms with Crippen LogP contribution in [0.3, 0.4) is 0 Å². The molecule has 0 aromatic heterocycles. The Labute approximate surface area is 150 Å². The lowest BCUT2D eigenvalue weighted by Crippen LogP contribution is -2.68. The molecule has 1 unspecified atom stereocenters. The number of carbonyl (C=O) groups is 1. The summed E-state index contributed by atoms with van der Waals surface area (Å²) < 4.78 is 42.8. The van der Waals surface area contributed by atoms with Gasteiger partial charge in [-0.05, 0) is 30.5 Å². The Morgan fingerprint density at radius 3 is 2.38 bits per heavy atom. The number of anilines is 2. The van der Waals surface area contributed by atoms with Crippen LogP contribution in [0.4, 0.5) is 24.5 Å². The number of para-hydroxylation sites is 2. The third-order valence-corrected chi connectivity index (χ3v) is 4.68. The van der Waals surface area contributed by atoms with E-state index in [1.807, 2.05) is 0 Å². The number of halogens is 3. The van der Waals surface area contributed by atoms with Crippen molar-refractivity contribution in [2.24, 2.45) is 0 Å². The van der Waals surface area contributed by atoms with Crippen molar-refractivity contribution in [3.05, 3.63) is 72.8 Å². The van der Waals surface area contributed by atoms with Gasteiger partial charge < -0.3 is 10.2 Å². The zero-order valence-corrected chi connectivity index (χ0v) is 14.1. The zero-order chi connectivity index (χ0) is 18.8. The molecule has 3 nitrogen and oxygen atoms in total. The Morgan fingerprint density at radius 1 is 1.08 bits per heavy atom. The van der Waals surface area contributed by atoms with Crippen molar-refractivity contribution >= 4 is 17.3 Å². The van der Waals surface area contributed by atoms with Crippen LogP contribution in [-0.4, -0.2) is 24.2 Å². The number of nitrogens with one attached hydrogen (secondary N) is 1. The lowest BCUT2D eigenvalue weighted by Gasteiger charge is -2.48. The summed E-state index contributed by atoms with van der Waals surface area (Å²) in [5.41, 5.74) is -1.18. The van der Waals surface area contributed by atoms with E-state index in [2.05, 4.69) is 11.9 Å². The van der Waals surface area contributed by atoms with E-state index in [0.717, 1.165) is 10.5 Å². The smallest absolute Gasteiger partial charge is 0.344 e. The second-order valence-corrected chi connectivity index (χ2v) is 6.21. The van der Waals surface area contributed by atoms with Gasteiger partial charge in [0.15, 0.2) is 0 Å². The van der Waals surface area contributed by atoms with Gasteiger partial charge >= 0.3 is 6.18 Å². The van der Waals surface area contributed by atoms with E-state index in [0.29, 0.717) is 11.4 Å². The van der Waals surface area contributed by atoms with Gasteiger partial charge in [-0.15, -0.1) is 6.58 Å². The first-order chi connectivity index (χ1) is 12.4. The molecule has 1 heterocycles. The van der Waals surface area contributed by atoms with Gasteiger partial charge in [0.1, 0.15) is 0 Å². The number of aryl methyl sites for hydroxylation is 1. The van der Waals surface area contributed by atoms with Crippen LogP contribution in [-0.2, 0) is 11.2 Å². The number of benzene rings is 2. The third-order valence-electron chi connectivity index (χ3n) is 4.68. The van der Waals surface area contributed by atoms with Gasteiger partial charge in [-0.3, -0.25) is 4.79 Å². The number of fused-ring (bicyclic) bond motifs is 1. The van der Waals surface area contributed by atoms with Crippen LogP contribution in [0.1, 0.15) is 12.0 Å². The molecule has 0 radical (unpaired) electrons. The second-order valence-electron chi connectivity index (χ2n) is 6.21. The van der Waals surface area contributed by atoms with Gasteiger partial charge in [0.05, 0.1) is 11.4 Å². The Balaban J connectivity index is 2.08. The fraction of sp³-hybridized carbons (Fsp3) is 0.250. The molecule has 0 saturated heterocycles. The lowest BCUT2D eigenvalue weighted by molar-refractivity contribution is -0.191. The molecule has 3 rings (SSSR count). The van der Waals surface area contributed by atoms with E-state index in [-0.39, 0.29) is 19.4 Å². The molecule has 1 amide bonds. The molecule has 2 aromatic rings. The molecule has 1 N–H and O–H groups in total. The van der Waals surface area contributed by atoms with Gasteiger partial charge in [0, 0.05) is 6.54 Å². The van der Waals surface area contributed by atoms with E-state index >= 15 is 0 Å². The molecule has 136 valence electrons. The highest BCUT2D eigenvalue weighted by Crippen LogP contribution is 2.47. The molecule has 0 spiro atoms. The van der Waals surface area contributed by atoms with Gasteiger partial charge in [-0.1, -0.05) is 48.5 Å². The van der Waals surface area contributed by atoms with Crippen molar-refractivity contribution in [3.63, 3.8) is 0 Å². The summed E-state index contributed by atoms with van der Waals surface area (Å²) in [5.74, 6) is -1.05. The second kappa shape index (κ2) is 6.86. The van der Waals surface area contributed by atoms with E-state index in [1.54, 1.807) is 54.6 Å². The number of nitrogens with zero attached hydrogens (tertiary/aromatic N) is 1. The monoisotopic (exact) mass is 360 g/mol. The van der Waals surface area contributed by atoms with Crippen LogP contribution in [0, 0.1) is 0 Å². The zero-order valence-electron chi connectivity index (χ0n) is 14.1. The summed E-state index contributed by atoms with van der Waals surface area (Å²) in [7, 11) is 0. The maximum atomic E-state index is 14.3. The molecule has 2 aromatic carbocycles. The highest BCUT2D eigenvalue weighted by molar-refractivity contribution is 6.07. The van der Waals surface area contributed by atoms with Gasteiger partial charge in [-0.25, -0.2) is 0 Å². The largest absolute Gasteiger partial charge is 0.420 e. The molecular weight excluding hydrogens is 341 g/mol. The number of alkyl halides is 3. The van der Waals surface area contributed by atoms with Gasteiger partial charge in [0.2, 0.25) is 5.54 Å². The highest BCUT2D eigenvalue weighted by Gasteiger charge is 2.65. The average Bonchev–Trinajstić information content (AvgIpc) is 2.61. The van der Waals surface area contributed by atoms with Gasteiger partial charge in [0.25, 0.3) is 5.91 Å². The minimum atomic E-state index is -4.75. The molecule has 0 aliphatic carbocycles. The fourth-order valence-electron chi connectivity index (χ4n) is 3.39. The molecule has 0 fully saturated rings. The molecule has 26 heavy (non-hydrogen) atoms. The van der Waals surface area contributed by atoms with E-state index in [9.17, 15) is 18.0 Å². The quantitative estimate of drug-likeness (QED) is 0.793. The fourth-order valence-corrected chi connectivity index (χ4v) is 3.39. The van der Waals surface area contributed by atoms with Crippen molar-refractivity contribution in [1.82, 2.24) is 0 Å². The lowest BCUT2D eigenvalue weighted by atomic mass is 9.84. The molecule has 1 atom stereocenters. The van der Waals surface area contributed by atoms with E-state index in [4.69, 9.17) is 0 Å². The Kier molecular flexibility index (Phi) is 4.76. The first-order valence-corrected chi connectivity index (χ1v) is 8.30. The first kappa shape index (κ1) is 18.0. The van der Waals surface area contributed by atoms with Crippen molar-refractivity contribution < 1.29 is 18.0 Å². The number of rotatable bonds is 5. The molecule has 1 aliphatic heterocycles. The van der Waals surface area contributed by atoms with Crippen molar-refractivity contribution in [1.29, 1.82) is 0 Å². The number of carbonyl (C=O) groups excluding carboxylic acids is 1. The molecule has 0 saturated carbocycles. The minimum absolute atomic E-state index is 0.0846. The molecular formula is C20H19F3N2O. The summed E-state index contributed by atoms with van der Waals surface area (Å²) in [6.07, 6.45) is -3.61. The van der Waals surface area contributed by atoms with Crippen molar-refractivity contribution in [2.45, 2.75) is 24.6 Å². The normalized spacial score (nSPS) is 19.7. The summed E-state index contributed by atoms with van der Waals surface area (Å²) in [6, 6.07) is 15.4. The van der Waals surface area contributed by atoms with Crippen LogP contribution >= 0.6 is 0 Å². The van der Waals surface area contributed by atoms with Crippen molar-refractivity contribution in [2.75, 3.05) is 16.8 Å². The maximum Gasteiger partial charge on any atom is 0.420 e. The topological polar surface area (TPSA) is 32.3 Å². The van der Waals surface area contributed by atoms with Gasteiger partial charge in [-0.2, -0.15) is 13.2 Å². The minimum Gasteiger partial charge on any atom is -0.344 e. The SMILES string of the molecule is C=CCN1c2ccccc2NC(=O)C1(CCc1ccccc1)C(F)(F)F. The van der Waals surface area contributed by atoms with Crippen LogP contribution in [0.2, 0.25) is 0 Å². The number of amides is 1. The summed E-state index contributed by atoms with van der Waals surface area (Å²) in [5, 5.41) is 2.45. The van der Waals surface area contributed by atoms with E-state index < -0.39 is 17.6 Å². The predicted octanol–water partition coefficient (Wildman–Crippen LogP) is 4.57. The summed E-state index contributed by atoms with van der Waals surface area (Å²) >= 11 is 0. The Bertz CT molecular complexity index is 804. The molecule has 1 aliphatic rings. The Morgan fingerprint density at radius 2 is 1.73 bits per heavy atom. The van der Waals surface area contributed by atoms with Crippen LogP contribution in [0.25, 0.3) is 0 Å². The number of hydrogen-bond donors (Lipinski definition) is 1. The summed E-state index contributed by atoms with van der Waals surface area (Å²) in [6.45, 7) is 3.49. The van der Waals surface area contributed by atoms with Crippen LogP contribution in [0.15, 0.2) is 67.3 Å². The standard InChI is InChI=1S/C20H19F3N2O/c1-2-14-25-17-11-7-6-10-16(17)24-18(26)19(25,20(21,22)23)13-12-15-8-4-3-5-9-15/h2-11H,1,12-14H2,(H,24,26). The average molecular weight is 360 g/mol. The van der Waals surface area contributed by atoms with Crippen LogP contribution in [0.5, 0.6) is 0 Å². The van der Waals surface area contributed by atoms with Crippen molar-refractivity contribution in [3.8, 4) is 0 Å². The molecule has 6 heteroatoms. The van der Waals surface area contributed by atoms with E-state index in [1.165, 1.54) is 6.08 Å². The number of hydrogen-bond acceptors (Lipinski definition) is 2. The maximum absolute atomic E-state index is 14.3. The Hall–Kier alpha value is -2.76. The predicted molar refractivity (Wildman–Crippen MR) is 96.2 cm³/mol. The summed E-state index contributed by atoms with van der Waals surface area (Å²) in [4.78, 5) is 13.8. The first-order valence-electron chi connectivity index (χ1n) is 8.30.